The summed E-state index contributed by atoms with van der Waals surface area (Å²) < 4.78 is 1.69. The Morgan fingerprint density at radius 2 is 1.95 bits per heavy atom. The normalized spacial score (nSPS) is 10.6. The van der Waals surface area contributed by atoms with Gasteiger partial charge >= 0.3 is 0 Å². The average Bonchev–Trinajstić information content (AvgIpc) is 2.84. The van der Waals surface area contributed by atoms with E-state index in [9.17, 15) is 9.59 Å². The summed E-state index contributed by atoms with van der Waals surface area (Å²) in [5, 5.41) is 8.63. The first-order valence-corrected chi connectivity index (χ1v) is 7.95. The summed E-state index contributed by atoms with van der Waals surface area (Å²) >= 11 is 1.48. The smallest absolute Gasteiger partial charge is 0.237 e. The van der Waals surface area contributed by atoms with Gasteiger partial charge in [0.1, 0.15) is 12.4 Å². The Kier molecular flexibility index (Phi) is 5.71. The number of Topliss-reactive ketones (excluding diaryl/α,β-unsaturated/α-hetero) is 1. The Labute approximate surface area is 133 Å². The third-order valence-corrected chi connectivity index (χ3v) is 4.14. The van der Waals surface area contributed by atoms with E-state index in [1.807, 2.05) is 30.3 Å². The van der Waals surface area contributed by atoms with Crippen molar-refractivity contribution in [3.63, 3.8) is 0 Å². The van der Waals surface area contributed by atoms with Crippen molar-refractivity contribution in [1.82, 2.24) is 14.8 Å². The summed E-state index contributed by atoms with van der Waals surface area (Å²) in [7, 11) is 0. The number of ketones is 1. The number of carbonyl (C=O) groups excluding carboxylic acids is 2. The number of rotatable bonds is 8. The third kappa shape index (κ3) is 4.42. The second kappa shape index (κ2) is 7.74. The van der Waals surface area contributed by atoms with Gasteiger partial charge in [-0.05, 0) is 13.3 Å². The number of primary amides is 1. The summed E-state index contributed by atoms with van der Waals surface area (Å²) in [5.41, 5.74) is 5.95. The van der Waals surface area contributed by atoms with Crippen LogP contribution < -0.4 is 5.73 Å². The number of hydrogen-bond donors (Lipinski definition) is 1. The number of thioether (sulfide) groups is 1. The van der Waals surface area contributed by atoms with Crippen LogP contribution in [0.3, 0.4) is 0 Å². The predicted molar refractivity (Wildman–Crippen MR) is 84.7 cm³/mol. The maximum atomic E-state index is 12.0. The number of nitrogens with zero attached hydrogens (tertiary/aromatic N) is 3. The molecular weight excluding hydrogens is 300 g/mol. The van der Waals surface area contributed by atoms with Gasteiger partial charge in [0.05, 0.1) is 0 Å². The summed E-state index contributed by atoms with van der Waals surface area (Å²) in [5.74, 6) is 1.09. The van der Waals surface area contributed by atoms with Crippen LogP contribution in [0.1, 0.15) is 29.0 Å². The van der Waals surface area contributed by atoms with Crippen LogP contribution >= 0.6 is 11.8 Å². The molecule has 0 atom stereocenters. The molecule has 2 aromatic rings. The lowest BCUT2D eigenvalue weighted by Gasteiger charge is -2.05. The maximum absolute atomic E-state index is 12.0. The molecular formula is C15H18N4O2S. The van der Waals surface area contributed by atoms with Gasteiger partial charge in [-0.15, -0.1) is 10.2 Å². The van der Waals surface area contributed by atoms with Crippen LogP contribution in [-0.2, 0) is 11.3 Å². The molecule has 1 heterocycles. The number of aryl methyl sites for hydroxylation is 1. The molecule has 2 N–H and O–H groups in total. The molecule has 0 saturated carbocycles. The second-order valence-electron chi connectivity index (χ2n) is 4.82. The van der Waals surface area contributed by atoms with Crippen LogP contribution in [0.4, 0.5) is 0 Å². The minimum atomic E-state index is -0.427. The van der Waals surface area contributed by atoms with E-state index in [-0.39, 0.29) is 12.3 Å². The Balaban J connectivity index is 1.82. The molecule has 0 radical (unpaired) electrons. The fraction of sp³-hybridized carbons (Fsp3) is 0.333. The van der Waals surface area contributed by atoms with Crippen LogP contribution in [-0.4, -0.2) is 32.2 Å². The lowest BCUT2D eigenvalue weighted by Crippen LogP contribution is -2.20. The van der Waals surface area contributed by atoms with Gasteiger partial charge in [0, 0.05) is 17.7 Å². The summed E-state index contributed by atoms with van der Waals surface area (Å²) in [6.45, 7) is 1.85. The minimum Gasteiger partial charge on any atom is -0.368 e. The molecule has 7 heteroatoms. The molecule has 1 amide bonds. The third-order valence-electron chi connectivity index (χ3n) is 3.09. The van der Waals surface area contributed by atoms with E-state index >= 15 is 0 Å². The Bertz CT molecular complexity index is 655. The molecule has 0 spiro atoms. The number of amides is 1. The zero-order chi connectivity index (χ0) is 15.9. The first-order chi connectivity index (χ1) is 10.6. The van der Waals surface area contributed by atoms with Gasteiger partial charge in [-0.1, -0.05) is 42.1 Å². The highest BCUT2D eigenvalue weighted by Gasteiger charge is 2.11. The molecule has 0 aliphatic rings. The van der Waals surface area contributed by atoms with Crippen molar-refractivity contribution in [2.24, 2.45) is 5.73 Å². The second-order valence-corrected chi connectivity index (χ2v) is 5.89. The standard InChI is InChI=1S/C15H18N4O2S/c1-11-17-18-15(19(11)10-14(16)21)22-9-5-8-13(20)12-6-3-2-4-7-12/h2-4,6-7H,5,8-10H2,1H3,(H2,16,21). The van der Waals surface area contributed by atoms with Crippen molar-refractivity contribution >= 4 is 23.5 Å². The molecule has 0 bridgehead atoms. The van der Waals surface area contributed by atoms with Crippen molar-refractivity contribution in [3.05, 3.63) is 41.7 Å². The molecule has 1 aromatic heterocycles. The van der Waals surface area contributed by atoms with Crippen molar-refractivity contribution in [2.75, 3.05) is 5.75 Å². The number of carbonyl (C=O) groups is 2. The van der Waals surface area contributed by atoms with E-state index in [4.69, 9.17) is 5.73 Å². The van der Waals surface area contributed by atoms with Gasteiger partial charge in [0.2, 0.25) is 5.91 Å². The molecule has 1 aromatic carbocycles. The zero-order valence-corrected chi connectivity index (χ0v) is 13.2. The Hall–Kier alpha value is -2.15. The molecule has 2 rings (SSSR count). The predicted octanol–water partition coefficient (Wildman–Crippen LogP) is 1.83. The van der Waals surface area contributed by atoms with Crippen molar-refractivity contribution < 1.29 is 9.59 Å². The van der Waals surface area contributed by atoms with Gasteiger partial charge in [-0.2, -0.15) is 0 Å². The minimum absolute atomic E-state index is 0.0735. The molecule has 0 fully saturated rings. The number of hydrogen-bond acceptors (Lipinski definition) is 5. The maximum Gasteiger partial charge on any atom is 0.237 e. The highest BCUT2D eigenvalue weighted by Crippen LogP contribution is 2.18. The van der Waals surface area contributed by atoms with E-state index in [0.29, 0.717) is 17.4 Å². The van der Waals surface area contributed by atoms with Crippen LogP contribution in [0.5, 0.6) is 0 Å². The molecule has 116 valence electrons. The van der Waals surface area contributed by atoms with E-state index in [2.05, 4.69) is 10.2 Å². The number of benzene rings is 1. The van der Waals surface area contributed by atoms with Crippen LogP contribution in [0.25, 0.3) is 0 Å². The van der Waals surface area contributed by atoms with E-state index < -0.39 is 5.91 Å². The summed E-state index contributed by atoms with van der Waals surface area (Å²) in [6.07, 6.45) is 1.22. The summed E-state index contributed by atoms with van der Waals surface area (Å²) in [4.78, 5) is 23.0. The Morgan fingerprint density at radius 1 is 1.23 bits per heavy atom. The van der Waals surface area contributed by atoms with Gasteiger partial charge in [0.25, 0.3) is 0 Å². The lowest BCUT2D eigenvalue weighted by molar-refractivity contribution is -0.118. The highest BCUT2D eigenvalue weighted by molar-refractivity contribution is 7.99. The number of nitrogens with two attached hydrogens (primary N) is 1. The average molecular weight is 318 g/mol. The fourth-order valence-electron chi connectivity index (χ4n) is 1.97. The molecule has 0 aliphatic heterocycles. The first-order valence-electron chi connectivity index (χ1n) is 6.97. The van der Waals surface area contributed by atoms with Crippen LogP contribution in [0.2, 0.25) is 0 Å². The lowest BCUT2D eigenvalue weighted by atomic mass is 10.1. The molecule has 0 aliphatic carbocycles. The van der Waals surface area contributed by atoms with Gasteiger partial charge in [0.15, 0.2) is 10.9 Å². The van der Waals surface area contributed by atoms with E-state index in [1.54, 1.807) is 11.5 Å². The van der Waals surface area contributed by atoms with Gasteiger partial charge < -0.3 is 5.73 Å². The SMILES string of the molecule is Cc1nnc(SCCCC(=O)c2ccccc2)n1CC(N)=O. The zero-order valence-electron chi connectivity index (χ0n) is 12.4. The molecule has 0 unspecified atom stereocenters. The summed E-state index contributed by atoms with van der Waals surface area (Å²) in [6, 6.07) is 9.25. The quantitative estimate of drug-likeness (QED) is 0.455. The van der Waals surface area contributed by atoms with Crippen LogP contribution in [0, 0.1) is 6.92 Å². The van der Waals surface area contributed by atoms with Crippen LogP contribution in [0.15, 0.2) is 35.5 Å². The number of aromatic nitrogens is 3. The van der Waals surface area contributed by atoms with Crippen molar-refractivity contribution in [3.8, 4) is 0 Å². The monoisotopic (exact) mass is 318 g/mol. The van der Waals surface area contributed by atoms with E-state index in [1.165, 1.54) is 11.8 Å². The Morgan fingerprint density at radius 3 is 2.64 bits per heavy atom. The molecule has 22 heavy (non-hydrogen) atoms. The fourth-order valence-corrected chi connectivity index (χ4v) is 2.89. The van der Waals surface area contributed by atoms with Crippen molar-refractivity contribution in [2.45, 2.75) is 31.5 Å². The van der Waals surface area contributed by atoms with E-state index in [0.717, 1.165) is 17.7 Å². The van der Waals surface area contributed by atoms with Gasteiger partial charge in [-0.25, -0.2) is 0 Å². The highest BCUT2D eigenvalue weighted by atomic mass is 32.2. The topological polar surface area (TPSA) is 90.9 Å². The van der Waals surface area contributed by atoms with Crippen molar-refractivity contribution in [1.29, 1.82) is 0 Å². The largest absolute Gasteiger partial charge is 0.368 e. The van der Waals surface area contributed by atoms with Gasteiger partial charge in [-0.3, -0.25) is 14.2 Å². The molecule has 0 saturated heterocycles. The first kappa shape index (κ1) is 16.2. The molecule has 6 nitrogen and oxygen atoms in total.